The fourth-order valence-corrected chi connectivity index (χ4v) is 12.5. The Hall–Kier alpha value is -3.54. The molecule has 0 atom stereocenters. The fraction of sp³-hybridized carbons (Fsp3) is 0.500. The Morgan fingerprint density at radius 3 is 1.16 bits per heavy atom. The van der Waals surface area contributed by atoms with E-state index in [2.05, 4.69) is 33.6 Å². The summed E-state index contributed by atoms with van der Waals surface area (Å²) in [6.45, 7) is 11.2. The van der Waals surface area contributed by atoms with Gasteiger partial charge in [0.1, 0.15) is 23.1 Å². The van der Waals surface area contributed by atoms with Crippen molar-refractivity contribution in [1.82, 2.24) is 0 Å². The molecule has 19 heteroatoms. The third-order valence-corrected chi connectivity index (χ3v) is 16.9. The number of fused-ring (bicyclic) bond motifs is 2. The number of hydrogen-bond acceptors (Lipinski definition) is 17. The second kappa shape index (κ2) is 35.8. The lowest BCUT2D eigenvalue weighted by Gasteiger charge is -2.13. The van der Waals surface area contributed by atoms with Crippen LogP contribution in [0.5, 0.6) is 11.5 Å². The number of nitrogens with one attached hydrogen (secondary N) is 2. The second-order valence-electron chi connectivity index (χ2n) is 17.2. The van der Waals surface area contributed by atoms with Crippen LogP contribution >= 0.6 is 47.0 Å². The SMILES string of the molecule is Fc1cc2ccc1NCCOCCOCCCCCOc1cccc3c(cccc13)OCCCCCOCCOCCOCC1=CS/C(=C3\SC=C(COCCOCCOCCOCCNc4ccc-2cc4F)S3)S1. The van der Waals surface area contributed by atoms with Crippen LogP contribution in [0.25, 0.3) is 21.9 Å². The lowest BCUT2D eigenvalue weighted by molar-refractivity contribution is 0.00190. The van der Waals surface area contributed by atoms with Gasteiger partial charge < -0.3 is 62.7 Å². The molecular weight excluding hydrogens is 1040 g/mol. The molecule has 0 saturated heterocycles. The number of ether oxygens (including phenoxy) is 11. The van der Waals surface area contributed by atoms with Crippen LogP contribution in [0.1, 0.15) is 38.5 Å². The fourth-order valence-electron chi connectivity index (χ4n) is 7.67. The molecule has 5 heterocycles. The Kier molecular flexibility index (Phi) is 28.2. The average molecular weight is 1120 g/mol. The predicted octanol–water partition coefficient (Wildman–Crippen LogP) is 12.3. The normalized spacial score (nSPS) is 21.0. The summed E-state index contributed by atoms with van der Waals surface area (Å²) >= 11 is 7.01. The van der Waals surface area contributed by atoms with Crippen LogP contribution in [0.15, 0.2) is 102 Å². The van der Waals surface area contributed by atoms with E-state index in [1.54, 1.807) is 71.3 Å². The van der Waals surface area contributed by atoms with E-state index in [-0.39, 0.29) is 0 Å². The smallest absolute Gasteiger partial charge is 0.146 e. The molecular formula is C56H72F2N2O11S4. The van der Waals surface area contributed by atoms with Crippen LogP contribution in [0, 0.1) is 11.6 Å². The van der Waals surface area contributed by atoms with Gasteiger partial charge in [0.05, 0.1) is 139 Å². The molecule has 5 aliphatic rings. The quantitative estimate of drug-likeness (QED) is 0.173. The standard InChI is InChI=1S/C56H72F2N2O11S4/c57-49-37-43-13-15-51(49)59-17-23-63-27-25-61-19-3-1-5-21-70-53-11-7-10-48-47(53)9-8-12-54(48)71-22-6-2-4-20-62-26-29-66-33-35-68-39-45-41-72-55(74-45)56-73-42-46(75-56)40-69-36-34-67-32-31-65-30-28-64-24-18-60-52-16-14-44(43)38-50(52)58/h7-16,37-38,41-42,59-60H,1-6,17-36,39-40H2/b56-55-. The minimum absolute atomic E-state index is 0.346. The minimum atomic E-state index is -0.430. The van der Waals surface area contributed by atoms with Gasteiger partial charge in [-0.15, -0.1) is 0 Å². The first-order chi connectivity index (χ1) is 37.1. The second-order valence-corrected chi connectivity index (χ2v) is 21.8. The zero-order valence-corrected chi connectivity index (χ0v) is 46.0. The number of benzene rings is 4. The first-order valence-corrected chi connectivity index (χ1v) is 29.4. The van der Waals surface area contributed by atoms with Crippen molar-refractivity contribution in [3.8, 4) is 22.6 Å². The number of thioether (sulfide) groups is 4. The van der Waals surface area contributed by atoms with Crippen LogP contribution < -0.4 is 20.1 Å². The van der Waals surface area contributed by atoms with Gasteiger partial charge in [0.15, 0.2) is 0 Å². The van der Waals surface area contributed by atoms with E-state index in [0.717, 1.165) is 60.8 Å². The molecule has 410 valence electrons. The van der Waals surface area contributed by atoms with Gasteiger partial charge in [-0.3, -0.25) is 0 Å². The highest BCUT2D eigenvalue weighted by Gasteiger charge is 2.22. The molecule has 0 amide bonds. The molecule has 12 bridgehead atoms. The molecule has 9 rings (SSSR count). The molecule has 0 unspecified atom stereocenters. The van der Waals surface area contributed by atoms with Crippen LogP contribution in [0.3, 0.4) is 0 Å². The van der Waals surface area contributed by atoms with Crippen molar-refractivity contribution in [2.24, 2.45) is 0 Å². The maximum atomic E-state index is 15.0. The van der Waals surface area contributed by atoms with Gasteiger partial charge in [-0.1, -0.05) is 83.4 Å². The summed E-state index contributed by atoms with van der Waals surface area (Å²) < 4.78 is 96.7. The zero-order valence-electron chi connectivity index (χ0n) is 42.8. The molecule has 0 saturated carbocycles. The highest BCUT2D eigenvalue weighted by Crippen LogP contribution is 2.55. The average Bonchev–Trinajstić information content (AvgIpc) is 4.11. The lowest BCUT2D eigenvalue weighted by atomic mass is 10.0. The molecule has 4 aromatic carbocycles. The summed E-state index contributed by atoms with van der Waals surface area (Å²) in [5, 5.41) is 12.6. The summed E-state index contributed by atoms with van der Waals surface area (Å²) in [6, 6.07) is 21.9. The third-order valence-electron chi connectivity index (χ3n) is 11.5. The van der Waals surface area contributed by atoms with Gasteiger partial charge in [-0.05, 0) is 96.9 Å². The van der Waals surface area contributed by atoms with Crippen molar-refractivity contribution in [3.63, 3.8) is 0 Å². The Morgan fingerprint density at radius 1 is 0.373 bits per heavy atom. The van der Waals surface area contributed by atoms with Crippen molar-refractivity contribution >= 4 is 69.2 Å². The van der Waals surface area contributed by atoms with E-state index in [0.29, 0.717) is 168 Å². The van der Waals surface area contributed by atoms with Gasteiger partial charge in [-0.2, -0.15) is 0 Å². The van der Waals surface area contributed by atoms with Gasteiger partial charge in [-0.25, -0.2) is 8.78 Å². The summed E-state index contributed by atoms with van der Waals surface area (Å²) in [6.07, 6.45) is 5.75. The van der Waals surface area contributed by atoms with Gasteiger partial charge in [0.2, 0.25) is 0 Å². The van der Waals surface area contributed by atoms with E-state index in [4.69, 9.17) is 52.1 Å². The lowest BCUT2D eigenvalue weighted by Crippen LogP contribution is -2.15. The molecule has 0 aliphatic carbocycles. The summed E-state index contributed by atoms with van der Waals surface area (Å²) in [5.41, 5.74) is 1.85. The van der Waals surface area contributed by atoms with Crippen LogP contribution in [0.2, 0.25) is 0 Å². The maximum absolute atomic E-state index is 15.0. The molecule has 5 aliphatic heterocycles. The number of halogens is 2. The van der Waals surface area contributed by atoms with E-state index in [1.807, 2.05) is 24.3 Å². The van der Waals surface area contributed by atoms with Crippen molar-refractivity contribution in [2.75, 3.05) is 156 Å². The largest absolute Gasteiger partial charge is 0.493 e. The van der Waals surface area contributed by atoms with Crippen LogP contribution in [0.4, 0.5) is 20.2 Å². The first kappa shape index (κ1) is 59.1. The van der Waals surface area contributed by atoms with Crippen molar-refractivity contribution < 1.29 is 60.9 Å². The van der Waals surface area contributed by atoms with Gasteiger partial charge >= 0.3 is 0 Å². The monoisotopic (exact) mass is 1110 g/mol. The van der Waals surface area contributed by atoms with Crippen molar-refractivity contribution in [2.45, 2.75) is 38.5 Å². The topological polar surface area (TPSA) is 126 Å². The van der Waals surface area contributed by atoms with Crippen LogP contribution in [-0.4, -0.2) is 145 Å². The predicted molar refractivity (Wildman–Crippen MR) is 302 cm³/mol. The summed E-state index contributed by atoms with van der Waals surface area (Å²) in [5.74, 6) is 0.869. The Labute approximate surface area is 458 Å². The minimum Gasteiger partial charge on any atom is -0.493 e. The van der Waals surface area contributed by atoms with E-state index >= 15 is 8.78 Å². The molecule has 0 radical (unpaired) electrons. The highest BCUT2D eigenvalue weighted by atomic mass is 32.2. The molecule has 0 fully saturated rings. The van der Waals surface area contributed by atoms with Crippen molar-refractivity contribution in [3.05, 3.63) is 114 Å². The molecule has 4 aromatic rings. The zero-order chi connectivity index (χ0) is 51.8. The Morgan fingerprint density at radius 2 is 0.747 bits per heavy atom. The Balaban J connectivity index is 0.786. The number of anilines is 2. The maximum Gasteiger partial charge on any atom is 0.146 e. The van der Waals surface area contributed by atoms with Crippen molar-refractivity contribution in [1.29, 1.82) is 0 Å². The summed E-state index contributed by atoms with van der Waals surface area (Å²) in [4.78, 5) is 2.38. The van der Waals surface area contributed by atoms with Gasteiger partial charge in [0.25, 0.3) is 0 Å². The van der Waals surface area contributed by atoms with Crippen LogP contribution in [-0.2, 0) is 42.6 Å². The number of rotatable bonds is 0. The first-order valence-electron chi connectivity index (χ1n) is 26.0. The van der Waals surface area contributed by atoms with E-state index in [1.165, 1.54) is 30.4 Å². The molecule has 0 spiro atoms. The van der Waals surface area contributed by atoms with E-state index in [9.17, 15) is 0 Å². The summed E-state index contributed by atoms with van der Waals surface area (Å²) in [7, 11) is 0. The molecule has 75 heavy (non-hydrogen) atoms. The van der Waals surface area contributed by atoms with Gasteiger partial charge in [0, 0.05) is 46.9 Å². The third kappa shape index (κ3) is 22.0. The molecule has 13 nitrogen and oxygen atoms in total. The molecule has 0 aromatic heterocycles. The number of hydrogen-bond donors (Lipinski definition) is 2. The Bertz CT molecular complexity index is 2400. The van der Waals surface area contributed by atoms with E-state index < -0.39 is 11.6 Å². The highest BCUT2D eigenvalue weighted by molar-refractivity contribution is 8.33. The molecule has 2 N–H and O–H groups in total.